The van der Waals surface area contributed by atoms with Gasteiger partial charge in [-0.3, -0.25) is 19.3 Å². The van der Waals surface area contributed by atoms with Crippen molar-refractivity contribution in [2.45, 2.75) is 121 Å². The van der Waals surface area contributed by atoms with Crippen LogP contribution in [0.25, 0.3) is 11.1 Å². The predicted octanol–water partition coefficient (Wildman–Crippen LogP) is 8.85. The Kier molecular flexibility index (Phi) is 13.0. The third-order valence-electron chi connectivity index (χ3n) is 13.9. The van der Waals surface area contributed by atoms with E-state index in [2.05, 4.69) is 15.5 Å². The topological polar surface area (TPSA) is 155 Å². The van der Waals surface area contributed by atoms with Crippen LogP contribution in [0.5, 0.6) is 0 Å². The Morgan fingerprint density at radius 3 is 1.83 bits per heavy atom. The molecule has 2 saturated carbocycles. The summed E-state index contributed by atoms with van der Waals surface area (Å²) in [5.74, 6) is 0.373. The molecule has 3 heterocycles. The molecule has 0 bridgehead atoms. The lowest BCUT2D eigenvalue weighted by atomic mass is 9.78. The maximum absolute atomic E-state index is 13.8. The minimum atomic E-state index is -0.648. The molecule has 1 aliphatic heterocycles. The summed E-state index contributed by atoms with van der Waals surface area (Å²) in [6, 6.07) is 11.2. The van der Waals surface area contributed by atoms with Crippen LogP contribution in [0.2, 0.25) is 10.0 Å². The number of fused-ring (bicyclic) bond motifs is 2. The van der Waals surface area contributed by atoms with E-state index in [1.807, 2.05) is 41.4 Å². The Balaban J connectivity index is 0.911. The molecule has 0 radical (unpaired) electrons. The number of aliphatic carboxylic acids is 1. The summed E-state index contributed by atoms with van der Waals surface area (Å²) in [5.41, 5.74) is 6.11. The van der Waals surface area contributed by atoms with Gasteiger partial charge in [0.1, 0.15) is 0 Å². The summed E-state index contributed by atoms with van der Waals surface area (Å²) in [6.45, 7) is 1.58. The molecule has 12 nitrogen and oxygen atoms in total. The fraction of sp³-hybridized carbons (Fsp3) is 0.543. The number of nitrogens with zero attached hydrogens (tertiary/aromatic N) is 5. The van der Waals surface area contributed by atoms with Gasteiger partial charge in [-0.1, -0.05) is 66.7 Å². The van der Waals surface area contributed by atoms with Crippen LogP contribution in [0.4, 0.5) is 11.4 Å². The summed E-state index contributed by atoms with van der Waals surface area (Å²) in [5, 5.41) is 26.0. The summed E-state index contributed by atoms with van der Waals surface area (Å²) >= 11 is 14.0. The first-order valence-electron chi connectivity index (χ1n) is 21.9. The number of rotatable bonds is 10. The number of aromatic nitrogens is 4. The van der Waals surface area contributed by atoms with Crippen LogP contribution in [0.15, 0.2) is 36.4 Å². The average molecular weight is 859 g/mol. The number of carboxylic acids is 1. The Labute approximate surface area is 362 Å². The molecule has 1 atom stereocenters. The highest BCUT2D eigenvalue weighted by molar-refractivity contribution is 6.40. The number of anilines is 2. The molecule has 2 fully saturated rings. The lowest BCUT2D eigenvalue weighted by Gasteiger charge is -2.37. The van der Waals surface area contributed by atoms with Gasteiger partial charge in [0.05, 0.1) is 44.8 Å². The largest absolute Gasteiger partial charge is 0.481 e. The number of hydrogen-bond acceptors (Lipinski definition) is 7. The number of carbonyl (C=O) groups is 3. The van der Waals surface area contributed by atoms with Crippen LogP contribution in [-0.2, 0) is 44.7 Å². The van der Waals surface area contributed by atoms with Crippen molar-refractivity contribution >= 4 is 52.4 Å². The van der Waals surface area contributed by atoms with Gasteiger partial charge in [0, 0.05) is 62.2 Å². The van der Waals surface area contributed by atoms with Gasteiger partial charge in [-0.25, -0.2) is 9.97 Å². The molecule has 4 aromatic rings. The van der Waals surface area contributed by atoms with Gasteiger partial charge in [-0.15, -0.1) is 0 Å². The molecule has 60 heavy (non-hydrogen) atoms. The summed E-state index contributed by atoms with van der Waals surface area (Å²) in [7, 11) is 3.79. The van der Waals surface area contributed by atoms with E-state index < -0.39 is 5.97 Å². The van der Waals surface area contributed by atoms with Gasteiger partial charge in [0.15, 0.2) is 11.6 Å². The van der Waals surface area contributed by atoms with E-state index in [9.17, 15) is 24.6 Å². The van der Waals surface area contributed by atoms with Crippen LogP contribution >= 0.6 is 23.2 Å². The van der Waals surface area contributed by atoms with Crippen molar-refractivity contribution in [3.8, 4) is 11.1 Å². The van der Waals surface area contributed by atoms with Crippen LogP contribution in [0.3, 0.4) is 0 Å². The Morgan fingerprint density at radius 1 is 0.700 bits per heavy atom. The number of amides is 2. The van der Waals surface area contributed by atoms with Crippen LogP contribution in [0.1, 0.15) is 127 Å². The van der Waals surface area contributed by atoms with Gasteiger partial charge in [-0.05, 0) is 101 Å². The van der Waals surface area contributed by atoms with Crippen molar-refractivity contribution in [2.75, 3.05) is 17.2 Å². The molecule has 4 N–H and O–H groups in total. The number of aliphatic hydroxyl groups is 1. The fourth-order valence-corrected chi connectivity index (χ4v) is 10.9. The monoisotopic (exact) mass is 857 g/mol. The summed E-state index contributed by atoms with van der Waals surface area (Å²) < 4.78 is 3.81. The first-order valence-corrected chi connectivity index (χ1v) is 22.6. The maximum atomic E-state index is 13.8. The van der Waals surface area contributed by atoms with E-state index in [1.165, 1.54) is 0 Å². The second kappa shape index (κ2) is 18.4. The minimum absolute atomic E-state index is 0.171. The molecule has 0 saturated heterocycles. The molecule has 320 valence electrons. The maximum Gasteiger partial charge on any atom is 0.306 e. The summed E-state index contributed by atoms with van der Waals surface area (Å²) in [4.78, 5) is 51.0. The highest BCUT2D eigenvalue weighted by atomic mass is 35.5. The number of nitrogens with one attached hydrogen (secondary N) is 2. The Morgan fingerprint density at radius 2 is 1.25 bits per heavy atom. The molecule has 14 heteroatoms. The van der Waals surface area contributed by atoms with Crippen molar-refractivity contribution in [1.29, 1.82) is 0 Å². The standard InChI is InChI=1S/C46H57Cl2N7O5/c1-53-38-23-16-27(12-13-28-14-17-29(18-15-28)46(59)60)6-3-9-34(38)49-42(53)44(57)51-35-10-4-7-32(40(35)47)33-8-5-11-36(41(33)48)52-45(58)43-50-37-26-55(25-24-39(37)54(43)2)30-19-21-31(56)22-20-30/h4-5,7-8,10-11,27-31,56H,3,6,9,12-26H2,1-2H3,(H,51,57)(H,52,58)(H,59,60). The summed E-state index contributed by atoms with van der Waals surface area (Å²) in [6.07, 6.45) is 15.0. The molecule has 2 aromatic heterocycles. The number of carbonyl (C=O) groups excluding carboxylic acids is 2. The second-order valence-electron chi connectivity index (χ2n) is 17.6. The van der Waals surface area contributed by atoms with Crippen molar-refractivity contribution in [3.05, 3.63) is 80.9 Å². The van der Waals surface area contributed by atoms with E-state index in [-0.39, 0.29) is 23.8 Å². The van der Waals surface area contributed by atoms with Crippen molar-refractivity contribution < 1.29 is 24.6 Å². The van der Waals surface area contributed by atoms with E-state index >= 15 is 0 Å². The molecule has 1 unspecified atom stereocenters. The van der Waals surface area contributed by atoms with E-state index in [0.29, 0.717) is 68.6 Å². The molecular formula is C46H57Cl2N7O5. The molecule has 0 spiro atoms. The van der Waals surface area contributed by atoms with Gasteiger partial charge in [0.2, 0.25) is 0 Å². The fourth-order valence-electron chi connectivity index (χ4n) is 10.3. The van der Waals surface area contributed by atoms with E-state index in [1.54, 1.807) is 18.2 Å². The number of aryl methyl sites for hydroxylation is 1. The zero-order valence-corrected chi connectivity index (χ0v) is 36.2. The van der Waals surface area contributed by atoms with Crippen LogP contribution in [0, 0.1) is 17.8 Å². The smallest absolute Gasteiger partial charge is 0.306 e. The first kappa shape index (κ1) is 42.5. The lowest BCUT2D eigenvalue weighted by molar-refractivity contribution is -0.143. The number of aliphatic hydroxyl groups excluding tert-OH is 1. The van der Waals surface area contributed by atoms with Crippen molar-refractivity contribution in [1.82, 2.24) is 24.0 Å². The van der Waals surface area contributed by atoms with Crippen LogP contribution in [-0.4, -0.2) is 70.7 Å². The first-order chi connectivity index (χ1) is 28.9. The number of halogens is 2. The lowest BCUT2D eigenvalue weighted by Crippen LogP contribution is -2.42. The number of hydrogen-bond donors (Lipinski definition) is 4. The number of benzene rings is 2. The molecule has 8 rings (SSSR count). The molecule has 3 aliphatic carbocycles. The third kappa shape index (κ3) is 9.03. The van der Waals surface area contributed by atoms with Crippen molar-refractivity contribution in [3.63, 3.8) is 0 Å². The van der Waals surface area contributed by atoms with Gasteiger partial charge < -0.3 is 30.0 Å². The highest BCUT2D eigenvalue weighted by Gasteiger charge is 2.32. The quantitative estimate of drug-likeness (QED) is 0.123. The highest BCUT2D eigenvalue weighted by Crippen LogP contribution is 2.41. The Hall–Kier alpha value is -4.23. The number of carboxylic acid groups (broad SMARTS) is 1. The normalized spacial score (nSPS) is 23.5. The average Bonchev–Trinajstić information content (AvgIpc) is 3.73. The molecule has 2 aromatic carbocycles. The van der Waals surface area contributed by atoms with Gasteiger partial charge in [0.25, 0.3) is 11.8 Å². The zero-order chi connectivity index (χ0) is 42.1. The van der Waals surface area contributed by atoms with E-state index in [0.717, 1.165) is 132 Å². The minimum Gasteiger partial charge on any atom is -0.481 e. The van der Waals surface area contributed by atoms with Crippen molar-refractivity contribution in [2.24, 2.45) is 31.8 Å². The zero-order valence-electron chi connectivity index (χ0n) is 34.7. The number of imidazole rings is 2. The third-order valence-corrected chi connectivity index (χ3v) is 14.8. The molecular weight excluding hydrogens is 801 g/mol. The van der Waals surface area contributed by atoms with Gasteiger partial charge >= 0.3 is 5.97 Å². The molecule has 2 amide bonds. The van der Waals surface area contributed by atoms with Gasteiger partial charge in [-0.2, -0.15) is 0 Å². The van der Waals surface area contributed by atoms with Crippen LogP contribution < -0.4 is 10.6 Å². The molecule has 4 aliphatic rings. The SMILES string of the molecule is Cn1c(C(=O)Nc2cccc(-c3cccc(NC(=O)c4nc5c(n4C)CCN(C4CCC(O)CC4)C5)c3Cl)c2Cl)nc2c1CCC(CCC1CCC(C(=O)O)CC1)CCC2. The Bertz CT molecular complexity index is 2240. The second-order valence-corrected chi connectivity index (χ2v) is 18.4. The predicted molar refractivity (Wildman–Crippen MR) is 234 cm³/mol. The van der Waals surface area contributed by atoms with E-state index in [4.69, 9.17) is 33.2 Å².